The lowest BCUT2D eigenvalue weighted by Crippen LogP contribution is -2.04. The van der Waals surface area contributed by atoms with Crippen molar-refractivity contribution < 1.29 is 9.47 Å². The minimum absolute atomic E-state index is 0.00808. The van der Waals surface area contributed by atoms with Crippen LogP contribution < -0.4 is 0 Å². The van der Waals surface area contributed by atoms with Gasteiger partial charge < -0.3 is 22.4 Å². The van der Waals surface area contributed by atoms with Gasteiger partial charge in [0.05, 0.1) is 0 Å². The van der Waals surface area contributed by atoms with Gasteiger partial charge in [-0.2, -0.15) is 0 Å². The molecule has 0 fully saturated rings. The van der Waals surface area contributed by atoms with Gasteiger partial charge in [0.15, 0.2) is 0 Å². The fourth-order valence-corrected chi connectivity index (χ4v) is 2.83. The van der Waals surface area contributed by atoms with E-state index in [4.69, 9.17) is 9.47 Å². The fourth-order valence-electron chi connectivity index (χ4n) is 1.42. The highest BCUT2D eigenvalue weighted by Crippen LogP contribution is 2.12. The van der Waals surface area contributed by atoms with Crippen LogP contribution in [0.1, 0.15) is 52.4 Å². The van der Waals surface area contributed by atoms with E-state index in [9.17, 15) is 0 Å². The van der Waals surface area contributed by atoms with Gasteiger partial charge in [-0.25, -0.2) is 0 Å². The summed E-state index contributed by atoms with van der Waals surface area (Å²) in [7, 11) is 0. The van der Waals surface area contributed by atoms with E-state index in [1.54, 1.807) is 0 Å². The van der Waals surface area contributed by atoms with Crippen molar-refractivity contribution in [3.63, 3.8) is 0 Å². The Morgan fingerprint density at radius 1 is 1.06 bits per heavy atom. The number of hydrogen-bond donors (Lipinski definition) is 0. The predicted octanol–water partition coefficient (Wildman–Crippen LogP) is 4.16. The number of rotatable bonds is 12. The lowest BCUT2D eigenvalue weighted by atomic mass is 10.2. The van der Waals surface area contributed by atoms with Gasteiger partial charge in [-0.1, -0.05) is 39.5 Å². The first-order valence-electron chi connectivity index (χ1n) is 6.52. The molecule has 0 aromatic rings. The number of unbranched alkanes of at least 4 members (excludes halogenated alkanes) is 3. The second-order valence-electron chi connectivity index (χ2n) is 4.40. The molecule has 0 N–H and O–H groups in total. The summed E-state index contributed by atoms with van der Waals surface area (Å²) in [6.45, 7) is 6.71. The molecule has 1 atom stereocenters. The largest absolute Gasteiger partial charge is 0.471 e. The molecule has 0 aliphatic carbocycles. The van der Waals surface area contributed by atoms with Gasteiger partial charge >= 0.3 is 18.2 Å². The second-order valence-corrected chi connectivity index (χ2v) is 8.04. The highest BCUT2D eigenvalue weighted by molar-refractivity contribution is 9.23. The van der Waals surface area contributed by atoms with Crippen LogP contribution in [-0.4, -0.2) is 38.2 Å². The Balaban J connectivity index is 2.93. The van der Waals surface area contributed by atoms with Gasteiger partial charge in [0, 0.05) is 13.2 Å². The van der Waals surface area contributed by atoms with Gasteiger partial charge in [0.1, 0.15) is 6.79 Å². The minimum atomic E-state index is 0.00808. The van der Waals surface area contributed by atoms with E-state index in [1.165, 1.54) is 38.5 Å². The van der Waals surface area contributed by atoms with Crippen molar-refractivity contribution in [2.24, 2.45) is 0 Å². The Hall–Kier alpha value is 1.17. The standard InChI is InChI=1S/C12H25O2.BrH.Mg/c1-3-5-7-9-11-14-12-13-10-8-6-4-2;;/h4H,3,5-12H2,1-2H3;1H;/q;;+1/p-1. The van der Waals surface area contributed by atoms with Crippen LogP contribution in [-0.2, 0) is 9.47 Å². The quantitative estimate of drug-likeness (QED) is 0.306. The molecule has 16 heavy (non-hydrogen) atoms. The van der Waals surface area contributed by atoms with Crippen molar-refractivity contribution >= 4 is 31.1 Å². The molecule has 4 heteroatoms. The molecule has 2 nitrogen and oxygen atoms in total. The van der Waals surface area contributed by atoms with Crippen LogP contribution in [0, 0.1) is 0 Å². The highest BCUT2D eigenvalue weighted by atomic mass is 79.9. The molecular weight excluding hydrogens is 280 g/mol. The Labute approximate surface area is 116 Å². The average molecular weight is 306 g/mol. The first kappa shape index (κ1) is 17.2. The van der Waals surface area contributed by atoms with Crippen molar-refractivity contribution in [3.05, 3.63) is 0 Å². The monoisotopic (exact) mass is 304 g/mol. The normalized spacial score (nSPS) is 12.4. The first-order chi connectivity index (χ1) is 7.81. The maximum atomic E-state index is 5.41. The summed E-state index contributed by atoms with van der Waals surface area (Å²) < 4.78 is 11.7. The van der Waals surface area contributed by atoms with Crippen LogP contribution in [0.3, 0.4) is 0 Å². The third-order valence-electron chi connectivity index (χ3n) is 2.56. The molecule has 0 aliphatic heterocycles. The van der Waals surface area contributed by atoms with Gasteiger partial charge in [-0.3, -0.25) is 0 Å². The van der Waals surface area contributed by atoms with Gasteiger partial charge in [-0.05, 0) is 12.8 Å². The van der Waals surface area contributed by atoms with E-state index >= 15 is 0 Å². The summed E-state index contributed by atoms with van der Waals surface area (Å²) in [5, 5.41) is 0. The molecule has 0 spiro atoms. The summed E-state index contributed by atoms with van der Waals surface area (Å²) >= 11 is 3.62. The molecule has 0 bridgehead atoms. The molecule has 0 heterocycles. The summed E-state index contributed by atoms with van der Waals surface area (Å²) in [6, 6.07) is 0. The second kappa shape index (κ2) is 14.2. The molecule has 0 saturated heterocycles. The van der Waals surface area contributed by atoms with E-state index in [-0.39, 0.29) is 18.2 Å². The zero-order chi connectivity index (χ0) is 12.1. The van der Waals surface area contributed by atoms with Gasteiger partial charge in [0.25, 0.3) is 0 Å². The molecule has 0 aliphatic rings. The molecule has 0 rings (SSSR count). The summed E-state index contributed by atoms with van der Waals surface area (Å²) in [4.78, 5) is 0. The first-order valence-corrected chi connectivity index (χ1v) is 11.2. The van der Waals surface area contributed by atoms with Gasteiger partial charge in [0.2, 0.25) is 0 Å². The predicted molar refractivity (Wildman–Crippen MR) is 74.3 cm³/mol. The Kier molecular flexibility index (Phi) is 15.3. The maximum Gasteiger partial charge on any atom is 0.471 e. The van der Waals surface area contributed by atoms with E-state index in [2.05, 4.69) is 26.7 Å². The van der Waals surface area contributed by atoms with Crippen molar-refractivity contribution in [3.8, 4) is 0 Å². The number of halogens is 1. The van der Waals surface area contributed by atoms with Crippen LogP contribution in [0.25, 0.3) is 0 Å². The molecule has 0 aromatic carbocycles. The summed E-state index contributed by atoms with van der Waals surface area (Å²) in [6.07, 6.45) is 7.50. The maximum absolute atomic E-state index is 5.41. The van der Waals surface area contributed by atoms with Crippen LogP contribution in [0.2, 0.25) is 4.05 Å². The van der Waals surface area contributed by atoms with E-state index < -0.39 is 0 Å². The molecule has 0 radical (unpaired) electrons. The van der Waals surface area contributed by atoms with Crippen molar-refractivity contribution in [2.45, 2.75) is 56.4 Å². The number of ether oxygens (including phenoxy) is 2. The fraction of sp³-hybridized carbons (Fsp3) is 1.00. The molecule has 1 unspecified atom stereocenters. The van der Waals surface area contributed by atoms with E-state index in [1.807, 2.05) is 0 Å². The Morgan fingerprint density at radius 3 is 2.38 bits per heavy atom. The highest BCUT2D eigenvalue weighted by Gasteiger charge is 2.02. The average Bonchev–Trinajstić information content (AvgIpc) is 2.31. The van der Waals surface area contributed by atoms with Crippen molar-refractivity contribution in [2.75, 3.05) is 20.0 Å². The SMILES string of the molecule is CCCCCCOCOCCC[CH](C)[Mg][Br]. The topological polar surface area (TPSA) is 18.5 Å². The van der Waals surface area contributed by atoms with Crippen LogP contribution in [0.5, 0.6) is 0 Å². The Bertz CT molecular complexity index is 136. The third-order valence-corrected chi connectivity index (χ3v) is 6.81. The van der Waals surface area contributed by atoms with E-state index in [0.29, 0.717) is 6.79 Å². The molecule has 0 saturated carbocycles. The molecule has 0 amide bonds. The smallest absolute Gasteiger partial charge is 0.355 e. The van der Waals surface area contributed by atoms with Crippen LogP contribution in [0.15, 0.2) is 0 Å². The van der Waals surface area contributed by atoms with Crippen LogP contribution in [0.4, 0.5) is 0 Å². The van der Waals surface area contributed by atoms with Crippen molar-refractivity contribution in [1.29, 1.82) is 0 Å². The van der Waals surface area contributed by atoms with Crippen molar-refractivity contribution in [1.82, 2.24) is 0 Å². The number of hydrogen-bond acceptors (Lipinski definition) is 2. The zero-order valence-corrected chi connectivity index (χ0v) is 13.8. The lowest BCUT2D eigenvalue weighted by molar-refractivity contribution is -0.0555. The van der Waals surface area contributed by atoms with Crippen LogP contribution >= 0.6 is 12.9 Å². The summed E-state index contributed by atoms with van der Waals surface area (Å²) in [5.74, 6) is 0. The minimum Gasteiger partial charge on any atom is -0.355 e. The lowest BCUT2D eigenvalue weighted by Gasteiger charge is -2.08. The molecule has 94 valence electrons. The van der Waals surface area contributed by atoms with Gasteiger partial charge in [-0.15, -0.1) is 4.05 Å². The molecular formula is C12H25BrMgO2. The molecule has 0 aromatic heterocycles. The van der Waals surface area contributed by atoms with E-state index in [0.717, 1.165) is 17.3 Å². The summed E-state index contributed by atoms with van der Waals surface area (Å²) in [5.41, 5.74) is 0. The third kappa shape index (κ3) is 13.2. The Morgan fingerprint density at radius 2 is 1.75 bits per heavy atom. The zero-order valence-electron chi connectivity index (χ0n) is 10.8.